The fourth-order valence-corrected chi connectivity index (χ4v) is 1.67. The van der Waals surface area contributed by atoms with Crippen LogP contribution in [0.2, 0.25) is 0 Å². The molecule has 3 nitrogen and oxygen atoms in total. The number of nitrogens with two attached hydrogens (primary N) is 1. The number of hydrogen-bond acceptors (Lipinski definition) is 2. The zero-order valence-corrected chi connectivity index (χ0v) is 8.13. The molecule has 0 aliphatic rings. The Bertz CT molecular complexity index is 350. The molecule has 5 heteroatoms. The normalized spacial score (nSPS) is 10.6. The third kappa shape index (κ3) is 7.11. The van der Waals surface area contributed by atoms with E-state index in [9.17, 15) is 8.42 Å². The van der Waals surface area contributed by atoms with Crippen molar-refractivity contribution in [3.05, 3.63) is 35.9 Å². The first-order valence-electron chi connectivity index (χ1n) is 4.12. The molecule has 0 heterocycles. The van der Waals surface area contributed by atoms with Gasteiger partial charge in [0.2, 0.25) is 10.0 Å². The van der Waals surface area contributed by atoms with Crippen LogP contribution in [0.4, 0.5) is 0 Å². The van der Waals surface area contributed by atoms with Crippen LogP contribution in [0.5, 0.6) is 0 Å². The topological polar surface area (TPSA) is 60.2 Å². The predicted octanol–water partition coefficient (Wildman–Crippen LogP) is 0.259. The van der Waals surface area contributed by atoms with Gasteiger partial charge in [-0.05, 0) is 18.4 Å². The molecule has 0 saturated carbocycles. The van der Waals surface area contributed by atoms with Crippen molar-refractivity contribution >= 4 is 61.4 Å². The Balaban J connectivity index is 0.00000169. The second-order valence-corrected chi connectivity index (χ2v) is 4.69. The zero-order valence-electron chi connectivity index (χ0n) is 7.31. The first kappa shape index (κ1) is 14.8. The summed E-state index contributed by atoms with van der Waals surface area (Å²) in [5, 5.41) is 4.87. The molecule has 0 bridgehead atoms. The number of sulfonamides is 1. The Labute approximate surface area is 128 Å². The van der Waals surface area contributed by atoms with Gasteiger partial charge in [-0.3, -0.25) is 0 Å². The quantitative estimate of drug-likeness (QED) is 0.766. The minimum absolute atomic E-state index is 0. The van der Waals surface area contributed by atoms with E-state index in [0.717, 1.165) is 12.0 Å². The van der Waals surface area contributed by atoms with Crippen LogP contribution in [0.3, 0.4) is 0 Å². The average molecular weight is 239 g/mol. The monoisotopic (exact) mass is 239 g/mol. The molecule has 0 saturated heterocycles. The summed E-state index contributed by atoms with van der Waals surface area (Å²) in [4.78, 5) is 0. The van der Waals surface area contributed by atoms with Crippen molar-refractivity contribution in [3.63, 3.8) is 0 Å². The summed E-state index contributed by atoms with van der Waals surface area (Å²) in [5.74, 6) is 0.0574. The van der Waals surface area contributed by atoms with Crippen LogP contribution in [0.1, 0.15) is 12.0 Å². The summed E-state index contributed by atoms with van der Waals surface area (Å²) in [7, 11) is -3.29. The van der Waals surface area contributed by atoms with Crippen molar-refractivity contribution in [1.29, 1.82) is 0 Å². The summed E-state index contributed by atoms with van der Waals surface area (Å²) in [6.45, 7) is 0. The third-order valence-electron chi connectivity index (χ3n) is 1.74. The van der Waals surface area contributed by atoms with Gasteiger partial charge in [0.1, 0.15) is 0 Å². The molecule has 0 atom stereocenters. The fraction of sp³-hybridized carbons (Fsp3) is 0.333. The predicted molar refractivity (Wildman–Crippen MR) is 59.9 cm³/mol. The van der Waals surface area contributed by atoms with Gasteiger partial charge in [-0.1, -0.05) is 30.3 Å². The number of hydrogen-bond donors (Lipinski definition) is 1. The Morgan fingerprint density at radius 2 is 1.71 bits per heavy atom. The van der Waals surface area contributed by atoms with Gasteiger partial charge in [0.25, 0.3) is 0 Å². The third-order valence-corrected chi connectivity index (χ3v) is 2.59. The Morgan fingerprint density at radius 3 is 2.21 bits per heavy atom. The maximum atomic E-state index is 10.6. The molecule has 0 spiro atoms. The van der Waals surface area contributed by atoms with Crippen LogP contribution >= 0.6 is 0 Å². The van der Waals surface area contributed by atoms with Crippen molar-refractivity contribution in [2.45, 2.75) is 12.8 Å². The van der Waals surface area contributed by atoms with Gasteiger partial charge < -0.3 is 0 Å². The van der Waals surface area contributed by atoms with Crippen LogP contribution in [0.25, 0.3) is 0 Å². The molecule has 0 amide bonds. The summed E-state index contributed by atoms with van der Waals surface area (Å²) in [5.41, 5.74) is 1.14. The van der Waals surface area contributed by atoms with Gasteiger partial charge in [0, 0.05) is 0 Å². The molecule has 0 unspecified atom stereocenters. The van der Waals surface area contributed by atoms with E-state index in [2.05, 4.69) is 0 Å². The molecule has 0 aliphatic heterocycles. The van der Waals surface area contributed by atoms with Crippen LogP contribution in [-0.2, 0) is 16.4 Å². The molecule has 2 N–H and O–H groups in total. The van der Waals surface area contributed by atoms with Crippen molar-refractivity contribution in [1.82, 2.24) is 0 Å². The Hall–Kier alpha value is 0.766. The summed E-state index contributed by atoms with van der Waals surface area (Å²) in [6, 6.07) is 9.76. The van der Waals surface area contributed by atoms with E-state index >= 15 is 0 Å². The Kier molecular flexibility index (Phi) is 7.50. The molecule has 74 valence electrons. The molecule has 14 heavy (non-hydrogen) atoms. The molecule has 0 aromatic heterocycles. The van der Waals surface area contributed by atoms with Gasteiger partial charge in [-0.25, -0.2) is 13.6 Å². The second-order valence-electron chi connectivity index (χ2n) is 2.96. The number of rotatable bonds is 4. The first-order valence-corrected chi connectivity index (χ1v) is 5.84. The molecule has 0 aliphatic carbocycles. The second kappa shape index (κ2) is 7.11. The minimum atomic E-state index is -3.29. The summed E-state index contributed by atoms with van der Waals surface area (Å²) in [6.07, 6.45) is 1.35. The average Bonchev–Trinajstić information content (AvgIpc) is 2.04. The van der Waals surface area contributed by atoms with E-state index < -0.39 is 10.0 Å². The molecule has 1 aromatic carbocycles. The summed E-state index contributed by atoms with van der Waals surface area (Å²) >= 11 is 0. The van der Waals surface area contributed by atoms with Crippen molar-refractivity contribution < 1.29 is 8.42 Å². The van der Waals surface area contributed by atoms with E-state index in [1.54, 1.807) is 0 Å². The SMILES string of the molecule is NS(=O)(=O)CCCc1ccccc1.[KH]. The van der Waals surface area contributed by atoms with Gasteiger partial charge in [-0.15, -0.1) is 0 Å². The number of primary sulfonamides is 1. The maximum absolute atomic E-state index is 10.6. The van der Waals surface area contributed by atoms with E-state index in [1.807, 2.05) is 30.3 Å². The van der Waals surface area contributed by atoms with Crippen molar-refractivity contribution in [2.75, 3.05) is 5.75 Å². The van der Waals surface area contributed by atoms with E-state index in [1.165, 1.54) is 0 Å². The van der Waals surface area contributed by atoms with Gasteiger partial charge in [0.05, 0.1) is 5.75 Å². The van der Waals surface area contributed by atoms with Gasteiger partial charge in [-0.2, -0.15) is 0 Å². The van der Waals surface area contributed by atoms with E-state index in [4.69, 9.17) is 5.14 Å². The summed E-state index contributed by atoms with van der Waals surface area (Å²) < 4.78 is 21.2. The number of aryl methyl sites for hydroxylation is 1. The van der Waals surface area contributed by atoms with Crippen LogP contribution in [-0.4, -0.2) is 65.6 Å². The van der Waals surface area contributed by atoms with E-state index in [-0.39, 0.29) is 57.1 Å². The van der Waals surface area contributed by atoms with Gasteiger partial charge >= 0.3 is 51.4 Å². The van der Waals surface area contributed by atoms with E-state index in [0.29, 0.717) is 6.42 Å². The standard InChI is InChI=1S/C9H13NO2S.K.H/c10-13(11,12)8-4-7-9-5-2-1-3-6-9;;/h1-3,5-6H,4,7-8H2,(H2,10,11,12);;. The van der Waals surface area contributed by atoms with Crippen LogP contribution < -0.4 is 5.14 Å². The molecule has 0 radical (unpaired) electrons. The molecule has 1 aromatic rings. The van der Waals surface area contributed by atoms with Gasteiger partial charge in [0.15, 0.2) is 0 Å². The first-order chi connectivity index (χ1) is 6.08. The molecule has 1 rings (SSSR count). The van der Waals surface area contributed by atoms with Crippen molar-refractivity contribution in [2.24, 2.45) is 5.14 Å². The Morgan fingerprint density at radius 1 is 1.14 bits per heavy atom. The van der Waals surface area contributed by atoms with Crippen LogP contribution in [0, 0.1) is 0 Å². The fourth-order valence-electron chi connectivity index (χ4n) is 1.12. The zero-order chi connectivity index (χ0) is 9.73. The molecule has 0 fully saturated rings. The molecular formula is C9H14KNO2S. The van der Waals surface area contributed by atoms with Crippen LogP contribution in [0.15, 0.2) is 30.3 Å². The van der Waals surface area contributed by atoms with Crippen molar-refractivity contribution in [3.8, 4) is 0 Å². The number of benzene rings is 1. The molecular weight excluding hydrogens is 225 g/mol.